The van der Waals surface area contributed by atoms with Gasteiger partial charge in [-0.05, 0) is 12.5 Å². The van der Waals surface area contributed by atoms with E-state index >= 15 is 0 Å². The van der Waals surface area contributed by atoms with Crippen molar-refractivity contribution in [1.29, 1.82) is 0 Å². The highest BCUT2D eigenvalue weighted by Crippen LogP contribution is 2.12. The van der Waals surface area contributed by atoms with Gasteiger partial charge in [-0.25, -0.2) is 13.1 Å². The molecule has 0 fully saturated rings. The molecule has 0 saturated carbocycles. The van der Waals surface area contributed by atoms with Crippen LogP contribution in [0.2, 0.25) is 0 Å². The van der Waals surface area contributed by atoms with Crippen LogP contribution in [0.4, 0.5) is 0 Å². The fourth-order valence-corrected chi connectivity index (χ4v) is 2.74. The van der Waals surface area contributed by atoms with Gasteiger partial charge in [-0.1, -0.05) is 29.8 Å². The standard InChI is InChI=1S/C12H15N3O3S/c1-9-2-4-10(5-3-9)6-14-19(17,18)12-11(8-16)7-13-15-12/h2-5,7,14,16H,6,8H2,1H3,(H,13,15). The second-order valence-corrected chi connectivity index (χ2v) is 5.90. The highest BCUT2D eigenvalue weighted by molar-refractivity contribution is 7.89. The molecular weight excluding hydrogens is 266 g/mol. The number of nitrogens with zero attached hydrogens (tertiary/aromatic N) is 1. The molecule has 0 unspecified atom stereocenters. The van der Waals surface area contributed by atoms with Crippen LogP contribution in [0.5, 0.6) is 0 Å². The van der Waals surface area contributed by atoms with E-state index in [9.17, 15) is 8.42 Å². The van der Waals surface area contributed by atoms with E-state index in [0.717, 1.165) is 11.1 Å². The minimum absolute atomic E-state index is 0.0953. The molecule has 0 atom stereocenters. The maximum Gasteiger partial charge on any atom is 0.258 e. The lowest BCUT2D eigenvalue weighted by molar-refractivity contribution is 0.278. The van der Waals surface area contributed by atoms with E-state index in [1.165, 1.54) is 6.20 Å². The van der Waals surface area contributed by atoms with Crippen LogP contribution in [-0.4, -0.2) is 23.7 Å². The second-order valence-electron chi connectivity index (χ2n) is 4.19. The molecule has 0 radical (unpaired) electrons. The monoisotopic (exact) mass is 281 g/mol. The molecule has 2 rings (SSSR count). The first-order valence-electron chi connectivity index (χ1n) is 5.71. The molecule has 1 aromatic carbocycles. The highest BCUT2D eigenvalue weighted by atomic mass is 32.2. The van der Waals surface area contributed by atoms with E-state index in [0.29, 0.717) is 0 Å². The molecule has 102 valence electrons. The zero-order chi connectivity index (χ0) is 13.9. The van der Waals surface area contributed by atoms with Gasteiger partial charge in [-0.3, -0.25) is 5.10 Å². The lowest BCUT2D eigenvalue weighted by Crippen LogP contribution is -2.24. The van der Waals surface area contributed by atoms with Gasteiger partial charge in [0.05, 0.1) is 12.8 Å². The minimum atomic E-state index is -3.70. The van der Waals surface area contributed by atoms with Gasteiger partial charge < -0.3 is 5.11 Å². The number of aliphatic hydroxyl groups is 1. The Hall–Kier alpha value is -1.70. The number of benzene rings is 1. The number of hydrogen-bond acceptors (Lipinski definition) is 4. The molecule has 0 bridgehead atoms. The number of sulfonamides is 1. The molecule has 0 saturated heterocycles. The van der Waals surface area contributed by atoms with E-state index in [2.05, 4.69) is 14.9 Å². The molecule has 19 heavy (non-hydrogen) atoms. The van der Waals surface area contributed by atoms with Crippen molar-refractivity contribution < 1.29 is 13.5 Å². The SMILES string of the molecule is Cc1ccc(CNS(=O)(=O)c2[nH]ncc2CO)cc1. The fourth-order valence-electron chi connectivity index (χ4n) is 1.60. The zero-order valence-corrected chi connectivity index (χ0v) is 11.2. The lowest BCUT2D eigenvalue weighted by atomic mass is 10.2. The van der Waals surface area contributed by atoms with Crippen LogP contribution >= 0.6 is 0 Å². The molecule has 0 aliphatic rings. The topological polar surface area (TPSA) is 95.1 Å². The van der Waals surface area contributed by atoms with Crippen LogP contribution in [-0.2, 0) is 23.2 Å². The third kappa shape index (κ3) is 3.19. The first kappa shape index (κ1) is 13.7. The van der Waals surface area contributed by atoms with Crippen molar-refractivity contribution >= 4 is 10.0 Å². The summed E-state index contributed by atoms with van der Waals surface area (Å²) in [5.41, 5.74) is 2.22. The summed E-state index contributed by atoms with van der Waals surface area (Å²) < 4.78 is 26.5. The molecular formula is C12H15N3O3S. The van der Waals surface area contributed by atoms with Crippen molar-refractivity contribution in [2.45, 2.75) is 25.1 Å². The van der Waals surface area contributed by atoms with E-state index in [1.807, 2.05) is 31.2 Å². The smallest absolute Gasteiger partial charge is 0.258 e. The quantitative estimate of drug-likeness (QED) is 0.751. The van der Waals surface area contributed by atoms with Crippen LogP contribution in [0.3, 0.4) is 0 Å². The van der Waals surface area contributed by atoms with Crippen molar-refractivity contribution in [2.24, 2.45) is 0 Å². The Balaban J connectivity index is 2.12. The number of aryl methyl sites for hydroxylation is 1. The Labute approximate surface area is 111 Å². The molecule has 2 aromatic rings. The molecule has 7 heteroatoms. The Morgan fingerprint density at radius 1 is 1.32 bits per heavy atom. The molecule has 0 spiro atoms. The van der Waals surface area contributed by atoms with Crippen LogP contribution in [0.1, 0.15) is 16.7 Å². The predicted octanol–water partition coefficient (Wildman–Crippen LogP) is 0.689. The summed E-state index contributed by atoms with van der Waals surface area (Å²) in [5.74, 6) is 0. The molecule has 1 aromatic heterocycles. The maximum atomic E-state index is 12.0. The van der Waals surface area contributed by atoms with Crippen LogP contribution < -0.4 is 4.72 Å². The molecule has 1 heterocycles. The van der Waals surface area contributed by atoms with Gasteiger partial charge in [0.15, 0.2) is 5.03 Å². The summed E-state index contributed by atoms with van der Waals surface area (Å²) in [6.45, 7) is 1.77. The number of nitrogens with one attached hydrogen (secondary N) is 2. The van der Waals surface area contributed by atoms with Crippen LogP contribution in [0, 0.1) is 6.92 Å². The summed E-state index contributed by atoms with van der Waals surface area (Å²) in [5, 5.41) is 14.9. The maximum absolute atomic E-state index is 12.0. The number of aromatic amines is 1. The Morgan fingerprint density at radius 3 is 2.63 bits per heavy atom. The first-order valence-corrected chi connectivity index (χ1v) is 7.19. The van der Waals surface area contributed by atoms with Crippen molar-refractivity contribution in [3.8, 4) is 0 Å². The largest absolute Gasteiger partial charge is 0.392 e. The van der Waals surface area contributed by atoms with Gasteiger partial charge >= 0.3 is 0 Å². The molecule has 0 amide bonds. The number of H-pyrrole nitrogens is 1. The summed E-state index contributed by atoms with van der Waals surface area (Å²) in [6, 6.07) is 7.55. The van der Waals surface area contributed by atoms with Gasteiger partial charge in [0, 0.05) is 12.1 Å². The summed E-state index contributed by atoms with van der Waals surface area (Å²) in [7, 11) is -3.70. The van der Waals surface area contributed by atoms with Crippen LogP contribution in [0.15, 0.2) is 35.5 Å². The van der Waals surface area contributed by atoms with Gasteiger partial charge in [0.1, 0.15) is 0 Å². The number of aliphatic hydroxyl groups excluding tert-OH is 1. The zero-order valence-electron chi connectivity index (χ0n) is 10.4. The predicted molar refractivity (Wildman–Crippen MR) is 69.7 cm³/mol. The second kappa shape index (κ2) is 5.52. The average Bonchev–Trinajstić information content (AvgIpc) is 2.87. The Kier molecular flexibility index (Phi) is 3.98. The fraction of sp³-hybridized carbons (Fsp3) is 0.250. The third-order valence-electron chi connectivity index (χ3n) is 2.70. The van der Waals surface area contributed by atoms with Gasteiger partial charge in [0.25, 0.3) is 10.0 Å². The summed E-state index contributed by atoms with van der Waals surface area (Å²) >= 11 is 0. The summed E-state index contributed by atoms with van der Waals surface area (Å²) in [4.78, 5) is 0. The van der Waals surface area contributed by atoms with Gasteiger partial charge in [-0.15, -0.1) is 0 Å². The van der Waals surface area contributed by atoms with E-state index in [1.54, 1.807) is 0 Å². The molecule has 3 N–H and O–H groups in total. The molecule has 6 nitrogen and oxygen atoms in total. The highest BCUT2D eigenvalue weighted by Gasteiger charge is 2.19. The molecule has 0 aliphatic carbocycles. The van der Waals surface area contributed by atoms with Gasteiger partial charge in [0.2, 0.25) is 0 Å². The normalized spacial score (nSPS) is 11.7. The van der Waals surface area contributed by atoms with Crippen molar-refractivity contribution in [3.63, 3.8) is 0 Å². The average molecular weight is 281 g/mol. The van der Waals surface area contributed by atoms with Crippen LogP contribution in [0.25, 0.3) is 0 Å². The first-order chi connectivity index (χ1) is 9.03. The van der Waals surface area contributed by atoms with E-state index in [4.69, 9.17) is 5.11 Å². The Bertz CT molecular complexity index is 647. The minimum Gasteiger partial charge on any atom is -0.392 e. The number of rotatable bonds is 5. The third-order valence-corrected chi connectivity index (χ3v) is 4.12. The summed E-state index contributed by atoms with van der Waals surface area (Å²) in [6.07, 6.45) is 1.29. The van der Waals surface area contributed by atoms with Crippen molar-refractivity contribution in [2.75, 3.05) is 0 Å². The van der Waals surface area contributed by atoms with Crippen molar-refractivity contribution in [1.82, 2.24) is 14.9 Å². The number of aromatic nitrogens is 2. The Morgan fingerprint density at radius 2 is 2.00 bits per heavy atom. The van der Waals surface area contributed by atoms with E-state index < -0.39 is 10.0 Å². The number of hydrogen-bond donors (Lipinski definition) is 3. The van der Waals surface area contributed by atoms with E-state index in [-0.39, 0.29) is 23.7 Å². The molecule has 0 aliphatic heterocycles. The van der Waals surface area contributed by atoms with Gasteiger partial charge in [-0.2, -0.15) is 5.10 Å². The lowest BCUT2D eigenvalue weighted by Gasteiger charge is -2.06. The van der Waals surface area contributed by atoms with Crippen molar-refractivity contribution in [3.05, 3.63) is 47.2 Å².